The van der Waals surface area contributed by atoms with Gasteiger partial charge >= 0.3 is 6.18 Å². The van der Waals surface area contributed by atoms with E-state index < -0.39 is 11.7 Å². The van der Waals surface area contributed by atoms with Crippen molar-refractivity contribution in [2.24, 2.45) is 5.92 Å². The third kappa shape index (κ3) is 3.85. The van der Waals surface area contributed by atoms with Crippen LogP contribution in [0, 0.1) is 5.92 Å². The molecule has 2 aromatic carbocycles. The molecule has 1 fully saturated rings. The summed E-state index contributed by atoms with van der Waals surface area (Å²) in [6, 6.07) is 9.59. The lowest BCUT2D eigenvalue weighted by Gasteiger charge is -2.22. The van der Waals surface area contributed by atoms with Crippen LogP contribution in [0.3, 0.4) is 0 Å². The number of fused-ring (bicyclic) bond motifs is 1. The minimum atomic E-state index is -4.47. The molecule has 1 aliphatic rings. The van der Waals surface area contributed by atoms with Crippen molar-refractivity contribution < 1.29 is 22.6 Å². The Morgan fingerprint density at radius 2 is 1.80 bits per heavy atom. The van der Waals surface area contributed by atoms with E-state index in [1.165, 1.54) is 12.5 Å². The second-order valence-electron chi connectivity index (χ2n) is 7.80. The molecule has 160 valence electrons. The Morgan fingerprint density at radius 3 is 2.47 bits per heavy atom. The van der Waals surface area contributed by atoms with Crippen LogP contribution < -0.4 is 9.47 Å². The highest BCUT2D eigenvalue weighted by molar-refractivity contribution is 5.96. The Kier molecular flexibility index (Phi) is 5.62. The van der Waals surface area contributed by atoms with Gasteiger partial charge in [-0.25, -0.2) is 0 Å². The Bertz CT molecular complexity index is 1040. The highest BCUT2D eigenvalue weighted by Crippen LogP contribution is 2.42. The van der Waals surface area contributed by atoms with Gasteiger partial charge in [-0.05, 0) is 37.0 Å². The number of nitrogens with zero attached hydrogens (tertiary/aromatic N) is 2. The molecule has 0 radical (unpaired) electrons. The summed E-state index contributed by atoms with van der Waals surface area (Å²) >= 11 is 0. The van der Waals surface area contributed by atoms with Gasteiger partial charge in [0, 0.05) is 23.6 Å². The molecular formula is C23H25F3N2O2. The van der Waals surface area contributed by atoms with Crippen molar-refractivity contribution in [1.29, 1.82) is 0 Å². The van der Waals surface area contributed by atoms with E-state index in [1.807, 2.05) is 6.07 Å². The zero-order valence-electron chi connectivity index (χ0n) is 17.1. The lowest BCUT2D eigenvalue weighted by molar-refractivity contribution is -0.136. The van der Waals surface area contributed by atoms with Gasteiger partial charge in [-0.3, -0.25) is 4.68 Å². The van der Waals surface area contributed by atoms with Crippen LogP contribution in [0.4, 0.5) is 13.2 Å². The van der Waals surface area contributed by atoms with Gasteiger partial charge < -0.3 is 9.47 Å². The van der Waals surface area contributed by atoms with Gasteiger partial charge in [0.15, 0.2) is 0 Å². The summed E-state index contributed by atoms with van der Waals surface area (Å²) in [7, 11) is 3.11. The van der Waals surface area contributed by atoms with Gasteiger partial charge in [0.2, 0.25) is 0 Å². The van der Waals surface area contributed by atoms with Gasteiger partial charge in [-0.2, -0.15) is 18.3 Å². The van der Waals surface area contributed by atoms with E-state index in [1.54, 1.807) is 37.1 Å². The van der Waals surface area contributed by atoms with E-state index >= 15 is 0 Å². The smallest absolute Gasteiger partial charge is 0.418 e. The fraction of sp³-hybridized carbons (Fsp3) is 0.435. The third-order valence-electron chi connectivity index (χ3n) is 5.90. The monoisotopic (exact) mass is 418 g/mol. The Labute approximate surface area is 173 Å². The van der Waals surface area contributed by atoms with Crippen molar-refractivity contribution >= 4 is 10.9 Å². The van der Waals surface area contributed by atoms with Crippen LogP contribution in [0.5, 0.6) is 11.5 Å². The lowest BCUT2D eigenvalue weighted by Crippen LogP contribution is -2.16. The first-order valence-electron chi connectivity index (χ1n) is 10.2. The highest BCUT2D eigenvalue weighted by Gasteiger charge is 2.35. The first kappa shape index (κ1) is 20.6. The number of ether oxygens (including phenoxy) is 2. The quantitative estimate of drug-likeness (QED) is 0.486. The van der Waals surface area contributed by atoms with Crippen molar-refractivity contribution in [3.63, 3.8) is 0 Å². The first-order chi connectivity index (χ1) is 14.4. The molecule has 1 aromatic heterocycles. The molecule has 0 bridgehead atoms. The van der Waals surface area contributed by atoms with Gasteiger partial charge in [0.05, 0.1) is 25.5 Å². The summed E-state index contributed by atoms with van der Waals surface area (Å²) in [6.45, 7) is 0.594. The van der Waals surface area contributed by atoms with E-state index in [0.29, 0.717) is 40.6 Å². The highest BCUT2D eigenvalue weighted by atomic mass is 19.4. The number of rotatable bonds is 5. The largest absolute Gasteiger partial charge is 0.497 e. The molecule has 30 heavy (non-hydrogen) atoms. The average molecular weight is 418 g/mol. The molecule has 1 aliphatic carbocycles. The van der Waals surface area contributed by atoms with Crippen molar-refractivity contribution in [3.8, 4) is 22.8 Å². The van der Waals surface area contributed by atoms with E-state index in [4.69, 9.17) is 9.47 Å². The standard InChI is InChI=1S/C23H25F3N2O2/c1-29-16-11-12-17(20(13-16)30-2)22-18-9-6-10-19(23(24,25)26)21(18)27-28(22)14-15-7-4-3-5-8-15/h6,9-13,15H,3-5,7-8,14H2,1-2H3. The molecule has 0 unspecified atom stereocenters. The van der Waals surface area contributed by atoms with E-state index in [9.17, 15) is 13.2 Å². The lowest BCUT2D eigenvalue weighted by atomic mass is 9.89. The molecule has 4 rings (SSSR count). The van der Waals surface area contributed by atoms with E-state index in [0.717, 1.165) is 31.7 Å². The zero-order chi connectivity index (χ0) is 21.3. The SMILES string of the molecule is COc1ccc(-c2c3cccc(C(F)(F)F)c3nn2CC2CCCCC2)c(OC)c1. The summed E-state index contributed by atoms with van der Waals surface area (Å²) in [6.07, 6.45) is 1.20. The van der Waals surface area contributed by atoms with Gasteiger partial charge in [0.1, 0.15) is 17.0 Å². The van der Waals surface area contributed by atoms with Crippen molar-refractivity contribution in [2.45, 2.75) is 44.8 Å². The van der Waals surface area contributed by atoms with Gasteiger partial charge in [-0.1, -0.05) is 31.4 Å². The molecule has 0 aliphatic heterocycles. The topological polar surface area (TPSA) is 36.3 Å². The minimum absolute atomic E-state index is 0.0197. The van der Waals surface area contributed by atoms with Crippen LogP contribution in [0.25, 0.3) is 22.2 Å². The Hall–Kier alpha value is -2.70. The maximum Gasteiger partial charge on any atom is 0.418 e. The van der Waals surface area contributed by atoms with Crippen LogP contribution >= 0.6 is 0 Å². The molecule has 0 atom stereocenters. The number of alkyl halides is 3. The number of aromatic nitrogens is 2. The van der Waals surface area contributed by atoms with Crippen LogP contribution in [0.15, 0.2) is 36.4 Å². The predicted octanol–water partition coefficient (Wildman–Crippen LogP) is 6.32. The van der Waals surface area contributed by atoms with Crippen molar-refractivity contribution in [1.82, 2.24) is 9.78 Å². The number of methoxy groups -OCH3 is 2. The molecule has 0 saturated heterocycles. The summed E-state index contributed by atoms with van der Waals surface area (Å²) in [5.74, 6) is 1.57. The minimum Gasteiger partial charge on any atom is -0.497 e. The van der Waals surface area contributed by atoms with Crippen molar-refractivity contribution in [2.75, 3.05) is 14.2 Å². The fourth-order valence-corrected chi connectivity index (χ4v) is 4.41. The number of hydrogen-bond donors (Lipinski definition) is 0. The predicted molar refractivity (Wildman–Crippen MR) is 110 cm³/mol. The van der Waals surface area contributed by atoms with E-state index in [-0.39, 0.29) is 5.52 Å². The number of benzene rings is 2. The van der Waals surface area contributed by atoms with Crippen LogP contribution in [-0.2, 0) is 12.7 Å². The maximum atomic E-state index is 13.7. The van der Waals surface area contributed by atoms with Crippen molar-refractivity contribution in [3.05, 3.63) is 42.0 Å². The number of halogens is 3. The van der Waals surface area contributed by atoms with Crippen LogP contribution in [-0.4, -0.2) is 24.0 Å². The summed E-state index contributed by atoms with van der Waals surface area (Å²) in [5, 5.41) is 4.95. The molecule has 7 heteroatoms. The van der Waals surface area contributed by atoms with Crippen LogP contribution in [0.1, 0.15) is 37.7 Å². The molecule has 4 nitrogen and oxygen atoms in total. The maximum absolute atomic E-state index is 13.7. The molecule has 3 aromatic rings. The summed E-state index contributed by atoms with van der Waals surface area (Å²) in [4.78, 5) is 0. The number of hydrogen-bond acceptors (Lipinski definition) is 3. The second-order valence-corrected chi connectivity index (χ2v) is 7.80. The molecule has 0 amide bonds. The molecular weight excluding hydrogens is 393 g/mol. The Morgan fingerprint density at radius 1 is 1.03 bits per heavy atom. The van der Waals surface area contributed by atoms with Gasteiger partial charge in [0.25, 0.3) is 0 Å². The molecule has 1 heterocycles. The van der Waals surface area contributed by atoms with E-state index in [2.05, 4.69) is 5.10 Å². The Balaban J connectivity index is 1.93. The third-order valence-corrected chi connectivity index (χ3v) is 5.90. The van der Waals surface area contributed by atoms with Gasteiger partial charge in [-0.15, -0.1) is 0 Å². The zero-order valence-corrected chi connectivity index (χ0v) is 17.1. The van der Waals surface area contributed by atoms with Crippen LogP contribution in [0.2, 0.25) is 0 Å². The summed E-state index contributed by atoms with van der Waals surface area (Å²) < 4.78 is 53.6. The molecule has 1 saturated carbocycles. The normalized spacial score (nSPS) is 15.5. The average Bonchev–Trinajstić information content (AvgIpc) is 3.10. The summed E-state index contributed by atoms with van der Waals surface area (Å²) in [5.41, 5.74) is 0.627. The molecule has 0 spiro atoms. The molecule has 0 N–H and O–H groups in total. The second kappa shape index (κ2) is 8.20. The fourth-order valence-electron chi connectivity index (χ4n) is 4.41. The first-order valence-corrected chi connectivity index (χ1v) is 10.2.